The van der Waals surface area contributed by atoms with Gasteiger partial charge in [-0.3, -0.25) is 14.8 Å². The third-order valence-electron chi connectivity index (χ3n) is 2.81. The smallest absolute Gasteiger partial charge is 0.253 e. The van der Waals surface area contributed by atoms with E-state index in [0.29, 0.717) is 30.8 Å². The summed E-state index contributed by atoms with van der Waals surface area (Å²) in [7, 11) is 1.66. The van der Waals surface area contributed by atoms with Crippen molar-refractivity contribution >= 4 is 16.9 Å². The van der Waals surface area contributed by atoms with Gasteiger partial charge in [0.05, 0.1) is 17.7 Å². The van der Waals surface area contributed by atoms with Crippen LogP contribution in [0.25, 0.3) is 11.0 Å². The molecule has 0 saturated heterocycles. The molecule has 1 amide bonds. The molecule has 1 heterocycles. The van der Waals surface area contributed by atoms with Crippen LogP contribution in [0.4, 0.5) is 0 Å². The highest BCUT2D eigenvalue weighted by atomic mass is 16.5. The quantitative estimate of drug-likeness (QED) is 0.723. The van der Waals surface area contributed by atoms with Gasteiger partial charge < -0.3 is 15.4 Å². The van der Waals surface area contributed by atoms with Crippen molar-refractivity contribution in [2.75, 3.05) is 33.4 Å². The average Bonchev–Trinajstić information content (AvgIpc) is 2.50. The molecule has 0 unspecified atom stereocenters. The Bertz CT molecular complexity index is 569. The first-order valence-electron chi connectivity index (χ1n) is 6.50. The number of ether oxygens (including phenoxy) is 1. The maximum absolute atomic E-state index is 12.1. The number of hydrogen-bond donors (Lipinski definition) is 2. The SMILES string of the molecule is COCCNCCNC(=O)c1cccc2nccnc12. The lowest BCUT2D eigenvalue weighted by molar-refractivity contribution is 0.0955. The van der Waals surface area contributed by atoms with E-state index in [2.05, 4.69) is 20.6 Å². The van der Waals surface area contributed by atoms with E-state index in [0.717, 1.165) is 12.1 Å². The number of carbonyl (C=O) groups is 1. The first-order chi connectivity index (χ1) is 9.83. The summed E-state index contributed by atoms with van der Waals surface area (Å²) in [6.45, 7) is 2.68. The molecular weight excluding hydrogens is 256 g/mol. The Morgan fingerprint density at radius 2 is 2.05 bits per heavy atom. The molecule has 1 aromatic heterocycles. The Kier molecular flexibility index (Phi) is 5.40. The number of methoxy groups -OCH3 is 1. The summed E-state index contributed by atoms with van der Waals surface area (Å²) < 4.78 is 4.92. The van der Waals surface area contributed by atoms with Gasteiger partial charge in [-0.1, -0.05) is 6.07 Å². The molecule has 0 fully saturated rings. The Morgan fingerprint density at radius 1 is 1.20 bits per heavy atom. The van der Waals surface area contributed by atoms with Crippen LogP contribution in [0.5, 0.6) is 0 Å². The van der Waals surface area contributed by atoms with E-state index in [1.165, 1.54) is 0 Å². The molecule has 0 aliphatic rings. The van der Waals surface area contributed by atoms with E-state index in [-0.39, 0.29) is 5.91 Å². The third kappa shape index (κ3) is 3.72. The minimum Gasteiger partial charge on any atom is -0.383 e. The predicted molar refractivity (Wildman–Crippen MR) is 76.6 cm³/mol. The van der Waals surface area contributed by atoms with Crippen molar-refractivity contribution in [1.29, 1.82) is 0 Å². The number of hydrogen-bond acceptors (Lipinski definition) is 5. The Labute approximate surface area is 117 Å². The zero-order valence-electron chi connectivity index (χ0n) is 11.4. The van der Waals surface area contributed by atoms with E-state index >= 15 is 0 Å². The fourth-order valence-electron chi connectivity index (χ4n) is 1.83. The number of aromatic nitrogens is 2. The number of amides is 1. The summed E-state index contributed by atoms with van der Waals surface area (Å²) in [6, 6.07) is 5.40. The number of para-hydroxylation sites is 1. The fourth-order valence-corrected chi connectivity index (χ4v) is 1.83. The molecule has 0 bridgehead atoms. The molecule has 0 aliphatic heterocycles. The van der Waals surface area contributed by atoms with E-state index in [1.807, 2.05) is 12.1 Å². The van der Waals surface area contributed by atoms with Crippen molar-refractivity contribution in [3.8, 4) is 0 Å². The van der Waals surface area contributed by atoms with Crippen LogP contribution in [-0.2, 0) is 4.74 Å². The van der Waals surface area contributed by atoms with Gasteiger partial charge in [0, 0.05) is 39.1 Å². The zero-order chi connectivity index (χ0) is 14.2. The van der Waals surface area contributed by atoms with Crippen LogP contribution in [-0.4, -0.2) is 49.2 Å². The van der Waals surface area contributed by atoms with Gasteiger partial charge in [-0.05, 0) is 12.1 Å². The van der Waals surface area contributed by atoms with Crippen LogP contribution in [0.15, 0.2) is 30.6 Å². The molecule has 0 radical (unpaired) electrons. The van der Waals surface area contributed by atoms with E-state index < -0.39 is 0 Å². The van der Waals surface area contributed by atoms with Crippen molar-refractivity contribution in [1.82, 2.24) is 20.6 Å². The molecule has 106 valence electrons. The molecule has 0 saturated carbocycles. The van der Waals surface area contributed by atoms with Crippen molar-refractivity contribution < 1.29 is 9.53 Å². The van der Waals surface area contributed by atoms with Gasteiger partial charge in [0.1, 0.15) is 5.52 Å². The summed E-state index contributed by atoms with van der Waals surface area (Å²) in [5.41, 5.74) is 1.89. The average molecular weight is 274 g/mol. The number of nitrogens with one attached hydrogen (secondary N) is 2. The maximum Gasteiger partial charge on any atom is 0.253 e. The number of benzene rings is 1. The molecule has 0 aliphatic carbocycles. The largest absolute Gasteiger partial charge is 0.383 e. The summed E-state index contributed by atoms with van der Waals surface area (Å²) in [4.78, 5) is 20.5. The monoisotopic (exact) mass is 274 g/mol. The standard InChI is InChI=1S/C14H18N4O2/c1-20-10-9-15-5-6-18-14(19)11-3-2-4-12-13(11)17-8-7-16-12/h2-4,7-8,15H,5-6,9-10H2,1H3,(H,18,19). The normalized spacial score (nSPS) is 10.7. The topological polar surface area (TPSA) is 76.1 Å². The number of fused-ring (bicyclic) bond motifs is 1. The van der Waals surface area contributed by atoms with Gasteiger partial charge >= 0.3 is 0 Å². The number of nitrogens with zero attached hydrogens (tertiary/aromatic N) is 2. The summed E-state index contributed by atoms with van der Waals surface area (Å²) >= 11 is 0. The molecule has 1 aromatic carbocycles. The lowest BCUT2D eigenvalue weighted by atomic mass is 10.1. The molecule has 2 N–H and O–H groups in total. The van der Waals surface area contributed by atoms with Gasteiger partial charge in [-0.25, -0.2) is 0 Å². The zero-order valence-corrected chi connectivity index (χ0v) is 11.4. The Morgan fingerprint density at radius 3 is 2.90 bits per heavy atom. The first-order valence-corrected chi connectivity index (χ1v) is 6.50. The van der Waals surface area contributed by atoms with Crippen molar-refractivity contribution in [2.45, 2.75) is 0 Å². The third-order valence-corrected chi connectivity index (χ3v) is 2.81. The summed E-state index contributed by atoms with van der Waals surface area (Å²) in [6.07, 6.45) is 3.20. The highest BCUT2D eigenvalue weighted by molar-refractivity contribution is 6.04. The fraction of sp³-hybridized carbons (Fsp3) is 0.357. The van der Waals surface area contributed by atoms with E-state index in [9.17, 15) is 4.79 Å². The second kappa shape index (κ2) is 7.52. The van der Waals surface area contributed by atoms with E-state index in [4.69, 9.17) is 4.74 Å². The van der Waals surface area contributed by atoms with Gasteiger partial charge in [0.2, 0.25) is 0 Å². The molecule has 0 spiro atoms. The number of rotatable bonds is 7. The molecule has 6 heteroatoms. The van der Waals surface area contributed by atoms with Gasteiger partial charge in [0.25, 0.3) is 5.91 Å². The van der Waals surface area contributed by atoms with Crippen LogP contribution in [0.2, 0.25) is 0 Å². The van der Waals surface area contributed by atoms with Crippen molar-refractivity contribution in [3.05, 3.63) is 36.2 Å². The van der Waals surface area contributed by atoms with Gasteiger partial charge in [0.15, 0.2) is 0 Å². The summed E-state index contributed by atoms with van der Waals surface area (Å²) in [5.74, 6) is -0.135. The number of carbonyl (C=O) groups excluding carboxylic acids is 1. The van der Waals surface area contributed by atoms with Crippen LogP contribution in [0, 0.1) is 0 Å². The van der Waals surface area contributed by atoms with E-state index in [1.54, 1.807) is 25.6 Å². The molecule has 0 atom stereocenters. The first kappa shape index (κ1) is 14.4. The highest BCUT2D eigenvalue weighted by Gasteiger charge is 2.10. The minimum absolute atomic E-state index is 0.135. The highest BCUT2D eigenvalue weighted by Crippen LogP contribution is 2.13. The van der Waals surface area contributed by atoms with Crippen LogP contribution in [0.1, 0.15) is 10.4 Å². The lowest BCUT2D eigenvalue weighted by Crippen LogP contribution is -2.33. The van der Waals surface area contributed by atoms with Gasteiger partial charge in [-0.2, -0.15) is 0 Å². The molecule has 2 rings (SSSR count). The molecular formula is C14H18N4O2. The van der Waals surface area contributed by atoms with Crippen LogP contribution in [0.3, 0.4) is 0 Å². The molecule has 20 heavy (non-hydrogen) atoms. The predicted octanol–water partition coefficient (Wildman–Crippen LogP) is 0.596. The molecule has 6 nitrogen and oxygen atoms in total. The maximum atomic E-state index is 12.1. The second-order valence-electron chi connectivity index (χ2n) is 4.23. The van der Waals surface area contributed by atoms with Crippen LogP contribution < -0.4 is 10.6 Å². The summed E-state index contributed by atoms with van der Waals surface area (Å²) in [5, 5.41) is 6.02. The Balaban J connectivity index is 1.91. The minimum atomic E-state index is -0.135. The lowest BCUT2D eigenvalue weighted by Gasteiger charge is -2.08. The second-order valence-corrected chi connectivity index (χ2v) is 4.23. The van der Waals surface area contributed by atoms with Crippen LogP contribution >= 0.6 is 0 Å². The van der Waals surface area contributed by atoms with Crippen molar-refractivity contribution in [3.63, 3.8) is 0 Å². The van der Waals surface area contributed by atoms with Crippen molar-refractivity contribution in [2.24, 2.45) is 0 Å². The van der Waals surface area contributed by atoms with Gasteiger partial charge in [-0.15, -0.1) is 0 Å². The Hall–Kier alpha value is -2.05. The molecule has 2 aromatic rings.